The van der Waals surface area contributed by atoms with E-state index in [0.29, 0.717) is 13.1 Å². The quantitative estimate of drug-likeness (QED) is 0.702. The van der Waals surface area contributed by atoms with Gasteiger partial charge in [0.05, 0.1) is 11.2 Å². The van der Waals surface area contributed by atoms with Crippen LogP contribution in [0, 0.1) is 6.92 Å². The van der Waals surface area contributed by atoms with Gasteiger partial charge in [-0.25, -0.2) is 18.1 Å². The number of aryl methyl sites for hydroxylation is 1. The minimum atomic E-state index is -3.35. The van der Waals surface area contributed by atoms with E-state index in [4.69, 9.17) is 0 Å². The van der Waals surface area contributed by atoms with Crippen LogP contribution in [0.2, 0.25) is 0 Å². The first kappa shape index (κ1) is 11.6. The third kappa shape index (κ3) is 3.02. The van der Waals surface area contributed by atoms with Crippen LogP contribution in [0.5, 0.6) is 0 Å². The molecule has 80 valence electrons. The van der Waals surface area contributed by atoms with Gasteiger partial charge < -0.3 is 5.32 Å². The molecule has 0 aliphatic carbocycles. The normalized spacial score (nSPS) is 11.9. The number of hydrogen-bond donors (Lipinski definition) is 2. The Morgan fingerprint density at radius 2 is 2.21 bits per heavy atom. The van der Waals surface area contributed by atoms with Crippen LogP contribution < -0.4 is 10.0 Å². The number of aromatic nitrogens is 1. The van der Waals surface area contributed by atoms with Crippen LogP contribution in [0.4, 0.5) is 0 Å². The Morgan fingerprint density at radius 1 is 1.50 bits per heavy atom. The Bertz CT molecular complexity index is 385. The number of nitrogens with one attached hydrogen (secondary N) is 2. The number of nitrogens with zero attached hydrogens (tertiary/aromatic N) is 1. The van der Waals surface area contributed by atoms with E-state index in [-0.39, 0.29) is 4.21 Å². The minimum Gasteiger partial charge on any atom is -0.318 e. The highest BCUT2D eigenvalue weighted by Gasteiger charge is 2.15. The zero-order valence-corrected chi connectivity index (χ0v) is 9.70. The van der Waals surface area contributed by atoms with Crippen LogP contribution >= 0.6 is 11.3 Å². The van der Waals surface area contributed by atoms with Crippen LogP contribution in [-0.4, -0.2) is 33.5 Å². The van der Waals surface area contributed by atoms with Crippen molar-refractivity contribution in [1.82, 2.24) is 15.0 Å². The summed E-state index contributed by atoms with van der Waals surface area (Å²) in [5.41, 5.74) is 0. The second kappa shape index (κ2) is 4.83. The van der Waals surface area contributed by atoms with E-state index < -0.39 is 10.0 Å². The molecule has 2 N–H and O–H groups in total. The first-order valence-electron chi connectivity index (χ1n) is 4.13. The lowest BCUT2D eigenvalue weighted by atomic mass is 10.7. The van der Waals surface area contributed by atoms with Gasteiger partial charge in [0.2, 0.25) is 0 Å². The molecule has 0 bridgehead atoms. The molecule has 0 saturated carbocycles. The van der Waals surface area contributed by atoms with Crippen molar-refractivity contribution in [2.75, 3.05) is 20.1 Å². The second-order valence-electron chi connectivity index (χ2n) is 2.70. The zero-order valence-electron chi connectivity index (χ0n) is 8.07. The lowest BCUT2D eigenvalue weighted by molar-refractivity contribution is 0.581. The van der Waals surface area contributed by atoms with Crippen LogP contribution in [0.25, 0.3) is 0 Å². The molecule has 0 radical (unpaired) electrons. The van der Waals surface area contributed by atoms with E-state index >= 15 is 0 Å². The smallest absolute Gasteiger partial charge is 0.251 e. The van der Waals surface area contributed by atoms with E-state index in [1.165, 1.54) is 17.5 Å². The number of thiazole rings is 1. The van der Waals surface area contributed by atoms with Crippen molar-refractivity contribution in [2.24, 2.45) is 0 Å². The molecule has 0 unspecified atom stereocenters. The summed E-state index contributed by atoms with van der Waals surface area (Å²) >= 11 is 1.17. The number of rotatable bonds is 5. The second-order valence-corrected chi connectivity index (χ2v) is 5.93. The van der Waals surface area contributed by atoms with Gasteiger partial charge in [0, 0.05) is 13.1 Å². The van der Waals surface area contributed by atoms with E-state index in [9.17, 15) is 8.42 Å². The van der Waals surface area contributed by atoms with Gasteiger partial charge in [0.15, 0.2) is 4.21 Å². The molecular formula is C7H13N3O2S2. The van der Waals surface area contributed by atoms with Crippen molar-refractivity contribution >= 4 is 21.4 Å². The van der Waals surface area contributed by atoms with Crippen LogP contribution in [0.1, 0.15) is 5.01 Å². The first-order chi connectivity index (χ1) is 6.56. The van der Waals surface area contributed by atoms with Gasteiger partial charge in [-0.15, -0.1) is 11.3 Å². The molecule has 7 heteroatoms. The molecule has 5 nitrogen and oxygen atoms in total. The topological polar surface area (TPSA) is 71.1 Å². The van der Waals surface area contributed by atoms with Gasteiger partial charge in [0.25, 0.3) is 10.0 Å². The van der Waals surface area contributed by atoms with E-state index in [1.54, 1.807) is 14.0 Å². The Labute approximate surface area is 87.6 Å². The summed E-state index contributed by atoms with van der Waals surface area (Å²) in [6.07, 6.45) is 1.38. The highest BCUT2D eigenvalue weighted by atomic mass is 32.2. The fraction of sp³-hybridized carbons (Fsp3) is 0.571. The third-order valence-electron chi connectivity index (χ3n) is 1.53. The molecule has 1 rings (SSSR count). The summed E-state index contributed by atoms with van der Waals surface area (Å²) in [5, 5.41) is 3.61. The average Bonchev–Trinajstić information content (AvgIpc) is 2.53. The molecule has 0 atom stereocenters. The molecule has 1 aromatic heterocycles. The maximum absolute atomic E-state index is 11.6. The van der Waals surface area contributed by atoms with Crippen molar-refractivity contribution in [3.8, 4) is 0 Å². The molecule has 0 aliphatic rings. The summed E-state index contributed by atoms with van der Waals surface area (Å²) in [6, 6.07) is 0. The van der Waals surface area contributed by atoms with Crippen molar-refractivity contribution < 1.29 is 8.42 Å². The molecule has 0 amide bonds. The van der Waals surface area contributed by atoms with E-state index in [2.05, 4.69) is 15.0 Å². The number of likely N-dealkylation sites (N-methyl/N-ethyl adjacent to an activating group) is 1. The predicted molar refractivity (Wildman–Crippen MR) is 56.0 cm³/mol. The van der Waals surface area contributed by atoms with Gasteiger partial charge in [-0.1, -0.05) is 0 Å². The Kier molecular flexibility index (Phi) is 3.99. The fourth-order valence-electron chi connectivity index (χ4n) is 0.848. The molecule has 0 fully saturated rings. The van der Waals surface area contributed by atoms with Crippen molar-refractivity contribution in [1.29, 1.82) is 0 Å². The van der Waals surface area contributed by atoms with E-state index in [1.807, 2.05) is 0 Å². The summed E-state index contributed by atoms with van der Waals surface area (Å²) in [5.74, 6) is 0. The van der Waals surface area contributed by atoms with Crippen molar-refractivity contribution in [3.05, 3.63) is 11.2 Å². The number of sulfonamides is 1. The predicted octanol–water partition coefficient (Wildman–Crippen LogP) is -0.0508. The molecule has 0 aliphatic heterocycles. The maximum atomic E-state index is 11.6. The largest absolute Gasteiger partial charge is 0.318 e. The van der Waals surface area contributed by atoms with Gasteiger partial charge in [-0.2, -0.15) is 0 Å². The highest BCUT2D eigenvalue weighted by Crippen LogP contribution is 2.16. The van der Waals surface area contributed by atoms with Gasteiger partial charge >= 0.3 is 0 Å². The Hall–Kier alpha value is -0.500. The zero-order chi connectivity index (χ0) is 10.6. The molecule has 0 spiro atoms. The van der Waals surface area contributed by atoms with Gasteiger partial charge in [-0.3, -0.25) is 0 Å². The molecule has 14 heavy (non-hydrogen) atoms. The maximum Gasteiger partial charge on any atom is 0.251 e. The van der Waals surface area contributed by atoms with Gasteiger partial charge in [0.1, 0.15) is 0 Å². The third-order valence-corrected chi connectivity index (χ3v) is 4.37. The van der Waals surface area contributed by atoms with Crippen molar-refractivity contribution in [3.63, 3.8) is 0 Å². The Balaban J connectivity index is 2.66. The van der Waals surface area contributed by atoms with Crippen LogP contribution in [-0.2, 0) is 10.0 Å². The lowest BCUT2D eigenvalue weighted by Crippen LogP contribution is -2.30. The fourth-order valence-corrected chi connectivity index (χ4v) is 3.03. The summed E-state index contributed by atoms with van der Waals surface area (Å²) in [6.45, 7) is 2.77. The minimum absolute atomic E-state index is 0.270. The monoisotopic (exact) mass is 235 g/mol. The SMILES string of the molecule is CNCCNS(=O)(=O)c1cnc(C)s1. The van der Waals surface area contributed by atoms with E-state index in [0.717, 1.165) is 5.01 Å². The number of hydrogen-bond acceptors (Lipinski definition) is 5. The van der Waals surface area contributed by atoms with Gasteiger partial charge in [-0.05, 0) is 14.0 Å². The highest BCUT2D eigenvalue weighted by molar-refractivity contribution is 7.91. The van der Waals surface area contributed by atoms with Crippen molar-refractivity contribution in [2.45, 2.75) is 11.1 Å². The standard InChI is InChI=1S/C7H13N3O2S2/c1-6-9-5-7(13-6)14(11,12)10-4-3-8-2/h5,8,10H,3-4H2,1-2H3. The van der Waals surface area contributed by atoms with Crippen LogP contribution in [0.3, 0.4) is 0 Å². The summed E-state index contributed by atoms with van der Waals surface area (Å²) in [7, 11) is -1.58. The lowest BCUT2D eigenvalue weighted by Gasteiger charge is -2.02. The summed E-state index contributed by atoms with van der Waals surface area (Å²) in [4.78, 5) is 3.89. The Morgan fingerprint density at radius 3 is 2.71 bits per heavy atom. The molecule has 1 aromatic rings. The summed E-state index contributed by atoms with van der Waals surface area (Å²) < 4.78 is 25.8. The average molecular weight is 235 g/mol. The molecular weight excluding hydrogens is 222 g/mol. The molecule has 1 heterocycles. The molecule has 0 saturated heterocycles. The first-order valence-corrected chi connectivity index (χ1v) is 6.43. The van der Waals surface area contributed by atoms with Crippen LogP contribution in [0.15, 0.2) is 10.4 Å². The molecule has 0 aromatic carbocycles.